The molecule has 5 nitrogen and oxygen atoms in total. The number of carboxylic acid groups (broad SMARTS) is 1. The van der Waals surface area contributed by atoms with Crippen molar-refractivity contribution in [3.63, 3.8) is 0 Å². The fourth-order valence-electron chi connectivity index (χ4n) is 1.69. The maximum Gasteiger partial charge on any atom is 0.311 e. The van der Waals surface area contributed by atoms with Crippen molar-refractivity contribution in [2.75, 3.05) is 6.54 Å². The highest BCUT2D eigenvalue weighted by Gasteiger charge is 2.31. The second-order valence-corrected chi connectivity index (χ2v) is 5.59. The van der Waals surface area contributed by atoms with Crippen LogP contribution in [0.5, 0.6) is 5.75 Å². The molecule has 21 heavy (non-hydrogen) atoms. The van der Waals surface area contributed by atoms with Gasteiger partial charge in [-0.1, -0.05) is 6.92 Å². The van der Waals surface area contributed by atoms with Crippen molar-refractivity contribution in [3.05, 3.63) is 29.8 Å². The van der Waals surface area contributed by atoms with Gasteiger partial charge in [0.05, 0.1) is 11.5 Å². The summed E-state index contributed by atoms with van der Waals surface area (Å²) >= 11 is 0. The Bertz CT molecular complexity index is 496. The zero-order valence-electron chi connectivity index (χ0n) is 13.0. The van der Waals surface area contributed by atoms with Gasteiger partial charge in [0.25, 0.3) is 5.91 Å². The number of benzene rings is 1. The molecule has 0 aliphatic heterocycles. The molecule has 1 aromatic carbocycles. The van der Waals surface area contributed by atoms with E-state index in [4.69, 9.17) is 9.84 Å². The average molecular weight is 293 g/mol. The van der Waals surface area contributed by atoms with Crippen molar-refractivity contribution in [2.24, 2.45) is 5.41 Å². The number of amides is 1. The molecule has 0 radical (unpaired) electrons. The molecular weight excluding hydrogens is 270 g/mol. The lowest BCUT2D eigenvalue weighted by Crippen LogP contribution is -2.40. The van der Waals surface area contributed by atoms with E-state index < -0.39 is 11.4 Å². The van der Waals surface area contributed by atoms with Gasteiger partial charge in [-0.05, 0) is 51.5 Å². The predicted molar refractivity (Wildman–Crippen MR) is 80.6 cm³/mol. The third-order valence-corrected chi connectivity index (χ3v) is 3.42. The molecule has 0 heterocycles. The van der Waals surface area contributed by atoms with E-state index >= 15 is 0 Å². The van der Waals surface area contributed by atoms with E-state index in [2.05, 4.69) is 5.32 Å². The van der Waals surface area contributed by atoms with Crippen LogP contribution < -0.4 is 10.1 Å². The van der Waals surface area contributed by atoms with Crippen LogP contribution in [0.2, 0.25) is 0 Å². The molecule has 1 aromatic rings. The molecule has 0 bridgehead atoms. The first-order valence-corrected chi connectivity index (χ1v) is 7.07. The number of hydrogen-bond donors (Lipinski definition) is 2. The standard InChI is InChI=1S/C16H23NO4/c1-5-16(4,15(19)20)10-17-14(18)12-6-8-13(9-7-12)21-11(2)3/h6-9,11H,5,10H2,1-4H3,(H,17,18)(H,19,20). The summed E-state index contributed by atoms with van der Waals surface area (Å²) in [6.07, 6.45) is 0.523. The quantitative estimate of drug-likeness (QED) is 0.810. The molecular formula is C16H23NO4. The molecule has 0 aromatic heterocycles. The molecule has 1 atom stereocenters. The summed E-state index contributed by atoms with van der Waals surface area (Å²) in [7, 11) is 0. The number of carbonyl (C=O) groups excluding carboxylic acids is 1. The second-order valence-electron chi connectivity index (χ2n) is 5.59. The van der Waals surface area contributed by atoms with Crippen LogP contribution in [0.1, 0.15) is 44.5 Å². The summed E-state index contributed by atoms with van der Waals surface area (Å²) in [5.74, 6) is -0.497. The van der Waals surface area contributed by atoms with Crippen LogP contribution in [-0.4, -0.2) is 29.6 Å². The van der Waals surface area contributed by atoms with Gasteiger partial charge in [0.2, 0.25) is 0 Å². The number of hydrogen-bond acceptors (Lipinski definition) is 3. The second kappa shape index (κ2) is 7.11. The molecule has 0 aliphatic rings. The zero-order valence-corrected chi connectivity index (χ0v) is 13.0. The lowest BCUT2D eigenvalue weighted by atomic mass is 9.87. The minimum absolute atomic E-state index is 0.0745. The monoisotopic (exact) mass is 293 g/mol. The number of ether oxygens (including phenoxy) is 1. The zero-order chi connectivity index (χ0) is 16.0. The Hall–Kier alpha value is -2.04. The number of carboxylic acids is 1. The first-order valence-electron chi connectivity index (χ1n) is 7.07. The third-order valence-electron chi connectivity index (χ3n) is 3.42. The molecule has 1 amide bonds. The van der Waals surface area contributed by atoms with Gasteiger partial charge in [-0.15, -0.1) is 0 Å². The van der Waals surface area contributed by atoms with Crippen LogP contribution in [0.25, 0.3) is 0 Å². The molecule has 0 spiro atoms. The van der Waals surface area contributed by atoms with Gasteiger partial charge in [0, 0.05) is 12.1 Å². The minimum atomic E-state index is -0.948. The summed E-state index contributed by atoms with van der Waals surface area (Å²) in [6.45, 7) is 7.37. The fraction of sp³-hybridized carbons (Fsp3) is 0.500. The summed E-state index contributed by atoms with van der Waals surface area (Å²) in [5.41, 5.74) is -0.467. The molecule has 2 N–H and O–H groups in total. The topological polar surface area (TPSA) is 75.6 Å². The highest BCUT2D eigenvalue weighted by molar-refractivity contribution is 5.94. The van der Waals surface area contributed by atoms with Crippen molar-refractivity contribution in [1.82, 2.24) is 5.32 Å². The van der Waals surface area contributed by atoms with Crippen molar-refractivity contribution in [1.29, 1.82) is 0 Å². The van der Waals surface area contributed by atoms with E-state index in [0.29, 0.717) is 17.7 Å². The Morgan fingerprint density at radius 2 is 1.86 bits per heavy atom. The molecule has 0 aliphatic carbocycles. The van der Waals surface area contributed by atoms with Gasteiger partial charge in [0.15, 0.2) is 0 Å². The third kappa shape index (κ3) is 4.77. The van der Waals surface area contributed by atoms with Crippen LogP contribution in [0.15, 0.2) is 24.3 Å². The van der Waals surface area contributed by atoms with E-state index in [1.165, 1.54) is 0 Å². The van der Waals surface area contributed by atoms with E-state index in [9.17, 15) is 9.59 Å². The van der Waals surface area contributed by atoms with Crippen LogP contribution in [0, 0.1) is 5.41 Å². The van der Waals surface area contributed by atoms with E-state index in [1.54, 1.807) is 38.1 Å². The lowest BCUT2D eigenvalue weighted by Gasteiger charge is -2.23. The highest BCUT2D eigenvalue weighted by Crippen LogP contribution is 2.20. The van der Waals surface area contributed by atoms with Crippen molar-refractivity contribution >= 4 is 11.9 Å². The lowest BCUT2D eigenvalue weighted by molar-refractivity contribution is -0.147. The van der Waals surface area contributed by atoms with Crippen LogP contribution in [0.4, 0.5) is 0 Å². The molecule has 0 saturated heterocycles. The van der Waals surface area contributed by atoms with E-state index in [-0.39, 0.29) is 18.6 Å². The number of rotatable bonds is 7. The molecule has 5 heteroatoms. The van der Waals surface area contributed by atoms with Gasteiger partial charge in [-0.2, -0.15) is 0 Å². The largest absolute Gasteiger partial charge is 0.491 e. The first kappa shape index (κ1) is 17.0. The fourth-order valence-corrected chi connectivity index (χ4v) is 1.69. The van der Waals surface area contributed by atoms with Gasteiger partial charge in [0.1, 0.15) is 5.75 Å². The van der Waals surface area contributed by atoms with Gasteiger partial charge in [-0.3, -0.25) is 9.59 Å². The Balaban J connectivity index is 2.66. The van der Waals surface area contributed by atoms with Crippen LogP contribution in [-0.2, 0) is 4.79 Å². The Kier molecular flexibility index (Phi) is 5.76. The smallest absolute Gasteiger partial charge is 0.311 e. The summed E-state index contributed by atoms with van der Waals surface area (Å²) < 4.78 is 5.50. The van der Waals surface area contributed by atoms with Crippen LogP contribution >= 0.6 is 0 Å². The maximum atomic E-state index is 12.0. The van der Waals surface area contributed by atoms with E-state index in [1.807, 2.05) is 13.8 Å². The number of aliphatic carboxylic acids is 1. The van der Waals surface area contributed by atoms with Crippen LogP contribution in [0.3, 0.4) is 0 Å². The SMILES string of the molecule is CCC(C)(CNC(=O)c1ccc(OC(C)C)cc1)C(=O)O. The average Bonchev–Trinajstić information content (AvgIpc) is 2.44. The molecule has 1 unspecified atom stereocenters. The molecule has 1 rings (SSSR count). The minimum Gasteiger partial charge on any atom is -0.491 e. The molecule has 116 valence electrons. The van der Waals surface area contributed by atoms with Crippen molar-refractivity contribution < 1.29 is 19.4 Å². The van der Waals surface area contributed by atoms with Crippen molar-refractivity contribution in [3.8, 4) is 5.75 Å². The van der Waals surface area contributed by atoms with E-state index in [0.717, 1.165) is 0 Å². The maximum absolute atomic E-state index is 12.0. The van der Waals surface area contributed by atoms with Gasteiger partial charge >= 0.3 is 5.97 Å². The van der Waals surface area contributed by atoms with Gasteiger partial charge < -0.3 is 15.2 Å². The number of nitrogens with one attached hydrogen (secondary N) is 1. The Labute approximate surface area is 125 Å². The van der Waals surface area contributed by atoms with Crippen molar-refractivity contribution in [2.45, 2.75) is 40.2 Å². The van der Waals surface area contributed by atoms with Gasteiger partial charge in [-0.25, -0.2) is 0 Å². The highest BCUT2D eigenvalue weighted by atomic mass is 16.5. The number of carbonyl (C=O) groups is 2. The Morgan fingerprint density at radius 1 is 1.29 bits per heavy atom. The first-order chi connectivity index (χ1) is 9.78. The summed E-state index contributed by atoms with van der Waals surface area (Å²) in [4.78, 5) is 23.2. The normalized spacial score (nSPS) is 13.6. The summed E-state index contributed by atoms with van der Waals surface area (Å²) in [6, 6.07) is 6.78. The predicted octanol–water partition coefficient (Wildman–Crippen LogP) is 2.70. The molecule has 0 saturated carbocycles. The summed E-state index contributed by atoms with van der Waals surface area (Å²) in [5, 5.41) is 11.8. The Morgan fingerprint density at radius 3 is 2.29 bits per heavy atom. The molecule has 0 fully saturated rings.